The van der Waals surface area contributed by atoms with Crippen molar-refractivity contribution in [2.75, 3.05) is 27.7 Å². The van der Waals surface area contributed by atoms with Crippen LogP contribution in [0.1, 0.15) is 13.3 Å². The number of rotatable bonds is 6. The standard InChI is InChI=1S/C19H21ClN2O5S2/c1-2-22(16-6-4-3-5-7-16)29(26,27)18-12-15(8-9-17(18)20)21-19(23)14-10-11-28(24,25)13-14/h3-9,12,14H,2,10-11,13H2,1H3,(H,21,23). The average Bonchev–Trinajstić information content (AvgIpc) is 3.04. The number of halogens is 1. The highest BCUT2D eigenvalue weighted by atomic mass is 35.5. The van der Waals surface area contributed by atoms with E-state index >= 15 is 0 Å². The Morgan fingerprint density at radius 3 is 2.48 bits per heavy atom. The van der Waals surface area contributed by atoms with Gasteiger partial charge in [0, 0.05) is 12.2 Å². The van der Waals surface area contributed by atoms with Crippen LogP contribution in [0.2, 0.25) is 5.02 Å². The lowest BCUT2D eigenvalue weighted by atomic mass is 10.1. The minimum absolute atomic E-state index is 0.0200. The van der Waals surface area contributed by atoms with Gasteiger partial charge in [-0.25, -0.2) is 16.8 Å². The van der Waals surface area contributed by atoms with Crippen LogP contribution in [0.3, 0.4) is 0 Å². The van der Waals surface area contributed by atoms with Crippen LogP contribution in [-0.2, 0) is 24.7 Å². The van der Waals surface area contributed by atoms with Crippen LogP contribution < -0.4 is 9.62 Å². The van der Waals surface area contributed by atoms with Crippen LogP contribution in [0.4, 0.5) is 11.4 Å². The van der Waals surface area contributed by atoms with Crippen LogP contribution in [0.25, 0.3) is 0 Å². The van der Waals surface area contributed by atoms with Crippen molar-refractivity contribution < 1.29 is 21.6 Å². The number of para-hydroxylation sites is 1. The van der Waals surface area contributed by atoms with Crippen molar-refractivity contribution in [3.05, 3.63) is 53.6 Å². The Labute approximate surface area is 175 Å². The molecule has 1 unspecified atom stereocenters. The molecule has 29 heavy (non-hydrogen) atoms. The van der Waals surface area contributed by atoms with E-state index in [4.69, 9.17) is 11.6 Å². The molecule has 7 nitrogen and oxygen atoms in total. The molecule has 1 N–H and O–H groups in total. The number of benzene rings is 2. The third-order valence-electron chi connectivity index (χ3n) is 4.70. The fourth-order valence-electron chi connectivity index (χ4n) is 3.23. The van der Waals surface area contributed by atoms with Crippen molar-refractivity contribution in [3.63, 3.8) is 0 Å². The first-order chi connectivity index (χ1) is 13.6. The van der Waals surface area contributed by atoms with Gasteiger partial charge in [0.25, 0.3) is 10.0 Å². The molecule has 1 fully saturated rings. The number of hydrogen-bond acceptors (Lipinski definition) is 5. The summed E-state index contributed by atoms with van der Waals surface area (Å²) in [7, 11) is -7.18. The summed E-state index contributed by atoms with van der Waals surface area (Å²) in [5.74, 6) is -1.32. The molecule has 0 aromatic heterocycles. The van der Waals surface area contributed by atoms with Crippen LogP contribution in [0.15, 0.2) is 53.4 Å². The van der Waals surface area contributed by atoms with E-state index in [9.17, 15) is 21.6 Å². The van der Waals surface area contributed by atoms with E-state index in [0.29, 0.717) is 5.69 Å². The summed E-state index contributed by atoms with van der Waals surface area (Å²) in [4.78, 5) is 12.3. The molecule has 2 aromatic carbocycles. The number of amides is 1. The maximum absolute atomic E-state index is 13.2. The Morgan fingerprint density at radius 2 is 1.90 bits per heavy atom. The van der Waals surface area contributed by atoms with Crippen LogP contribution >= 0.6 is 11.6 Å². The average molecular weight is 457 g/mol. The normalized spacial score (nSPS) is 18.3. The summed E-state index contributed by atoms with van der Waals surface area (Å²) in [5, 5.41) is 2.64. The van der Waals surface area contributed by atoms with E-state index in [0.717, 1.165) is 0 Å². The van der Waals surface area contributed by atoms with Gasteiger partial charge in [-0.05, 0) is 43.7 Å². The number of hydrogen-bond donors (Lipinski definition) is 1. The van der Waals surface area contributed by atoms with E-state index in [2.05, 4.69) is 5.32 Å². The largest absolute Gasteiger partial charge is 0.326 e. The SMILES string of the molecule is CCN(c1ccccc1)S(=O)(=O)c1cc(NC(=O)C2CCS(=O)(=O)C2)ccc1Cl. The van der Waals surface area contributed by atoms with Gasteiger partial charge in [-0.3, -0.25) is 9.10 Å². The van der Waals surface area contributed by atoms with Gasteiger partial charge in [0.1, 0.15) is 4.90 Å². The molecule has 1 saturated heterocycles. The summed E-state index contributed by atoms with van der Waals surface area (Å²) in [6, 6.07) is 12.8. The molecule has 10 heteroatoms. The minimum Gasteiger partial charge on any atom is -0.326 e. The van der Waals surface area contributed by atoms with E-state index in [1.165, 1.54) is 22.5 Å². The van der Waals surface area contributed by atoms with Crippen molar-refractivity contribution in [3.8, 4) is 0 Å². The number of nitrogens with zero attached hydrogens (tertiary/aromatic N) is 1. The predicted molar refractivity (Wildman–Crippen MR) is 113 cm³/mol. The van der Waals surface area contributed by atoms with Crippen LogP contribution in [0.5, 0.6) is 0 Å². The van der Waals surface area contributed by atoms with Crippen LogP contribution in [-0.4, -0.2) is 40.8 Å². The minimum atomic E-state index is -3.98. The predicted octanol–water partition coefficient (Wildman–Crippen LogP) is 2.93. The van der Waals surface area contributed by atoms with Gasteiger partial charge in [0.2, 0.25) is 5.91 Å². The second-order valence-corrected chi connectivity index (χ2v) is 11.2. The van der Waals surface area contributed by atoms with Crippen molar-refractivity contribution >= 4 is 48.7 Å². The summed E-state index contributed by atoms with van der Waals surface area (Å²) in [6.45, 7) is 1.91. The monoisotopic (exact) mass is 456 g/mol. The zero-order valence-corrected chi connectivity index (χ0v) is 18.1. The van der Waals surface area contributed by atoms with Gasteiger partial charge in [-0.15, -0.1) is 0 Å². The highest BCUT2D eigenvalue weighted by molar-refractivity contribution is 7.93. The Balaban J connectivity index is 1.89. The Morgan fingerprint density at radius 1 is 1.21 bits per heavy atom. The first-order valence-corrected chi connectivity index (χ1v) is 12.7. The fourth-order valence-corrected chi connectivity index (χ4v) is 6.95. The number of anilines is 2. The maximum atomic E-state index is 13.2. The lowest BCUT2D eigenvalue weighted by Gasteiger charge is -2.23. The second-order valence-electron chi connectivity index (χ2n) is 6.74. The molecule has 1 heterocycles. The Kier molecular flexibility index (Phi) is 6.21. The van der Waals surface area contributed by atoms with Gasteiger partial charge in [0.15, 0.2) is 9.84 Å². The maximum Gasteiger partial charge on any atom is 0.265 e. The zero-order valence-electron chi connectivity index (χ0n) is 15.7. The summed E-state index contributed by atoms with van der Waals surface area (Å²) < 4.78 is 50.8. The van der Waals surface area contributed by atoms with E-state index < -0.39 is 31.7 Å². The highest BCUT2D eigenvalue weighted by Crippen LogP contribution is 2.31. The Hall–Kier alpha value is -2.10. The molecule has 1 amide bonds. The number of nitrogens with one attached hydrogen (secondary N) is 1. The molecule has 0 aliphatic carbocycles. The number of carbonyl (C=O) groups is 1. The number of carbonyl (C=O) groups excluding carboxylic acids is 1. The molecule has 1 atom stereocenters. The van der Waals surface area contributed by atoms with E-state index in [-0.39, 0.29) is 40.1 Å². The Bertz CT molecular complexity index is 1120. The third kappa shape index (κ3) is 4.73. The fraction of sp³-hybridized carbons (Fsp3) is 0.316. The van der Waals surface area contributed by atoms with Gasteiger partial charge in [0.05, 0.1) is 28.1 Å². The molecule has 1 aliphatic rings. The molecule has 0 spiro atoms. The molecular weight excluding hydrogens is 436 g/mol. The number of sulfonamides is 1. The molecular formula is C19H21ClN2O5S2. The summed E-state index contributed by atoms with van der Waals surface area (Å²) in [6.07, 6.45) is 0.254. The van der Waals surface area contributed by atoms with Crippen molar-refractivity contribution in [1.29, 1.82) is 0 Å². The highest BCUT2D eigenvalue weighted by Gasteiger charge is 2.33. The zero-order chi connectivity index (χ0) is 21.2. The molecule has 156 valence electrons. The molecule has 3 rings (SSSR count). The lowest BCUT2D eigenvalue weighted by Crippen LogP contribution is -2.31. The van der Waals surface area contributed by atoms with Gasteiger partial charge < -0.3 is 5.32 Å². The van der Waals surface area contributed by atoms with Gasteiger partial charge in [-0.2, -0.15) is 0 Å². The molecule has 1 aliphatic heterocycles. The van der Waals surface area contributed by atoms with E-state index in [1.807, 2.05) is 0 Å². The van der Waals surface area contributed by atoms with E-state index in [1.54, 1.807) is 37.3 Å². The van der Waals surface area contributed by atoms with Gasteiger partial charge >= 0.3 is 0 Å². The van der Waals surface area contributed by atoms with Crippen molar-refractivity contribution in [1.82, 2.24) is 0 Å². The summed E-state index contributed by atoms with van der Waals surface area (Å²) >= 11 is 6.17. The molecule has 0 bridgehead atoms. The lowest BCUT2D eigenvalue weighted by molar-refractivity contribution is -0.119. The second kappa shape index (κ2) is 8.33. The molecule has 2 aromatic rings. The third-order valence-corrected chi connectivity index (χ3v) is 8.85. The van der Waals surface area contributed by atoms with Crippen molar-refractivity contribution in [2.24, 2.45) is 5.92 Å². The van der Waals surface area contributed by atoms with Crippen molar-refractivity contribution in [2.45, 2.75) is 18.2 Å². The quantitative estimate of drug-likeness (QED) is 0.720. The van der Waals surface area contributed by atoms with Gasteiger partial charge in [-0.1, -0.05) is 29.8 Å². The molecule has 0 saturated carbocycles. The first-order valence-electron chi connectivity index (χ1n) is 9.02. The first kappa shape index (κ1) is 21.6. The molecule has 0 radical (unpaired) electrons. The number of sulfone groups is 1. The smallest absolute Gasteiger partial charge is 0.265 e. The summed E-state index contributed by atoms with van der Waals surface area (Å²) in [5.41, 5.74) is 0.739. The topological polar surface area (TPSA) is 101 Å². The van der Waals surface area contributed by atoms with Crippen LogP contribution in [0, 0.1) is 5.92 Å².